The van der Waals surface area contributed by atoms with Crippen molar-refractivity contribution in [2.45, 2.75) is 39.2 Å². The molecule has 1 heterocycles. The fraction of sp³-hybridized carbons (Fsp3) is 0.438. The van der Waals surface area contributed by atoms with Crippen LogP contribution in [0.3, 0.4) is 0 Å². The summed E-state index contributed by atoms with van der Waals surface area (Å²) in [4.78, 5) is 37.5. The zero-order valence-electron chi connectivity index (χ0n) is 12.4. The summed E-state index contributed by atoms with van der Waals surface area (Å²) in [6, 6.07) is 8.39. The van der Waals surface area contributed by atoms with Crippen LogP contribution in [0.4, 0.5) is 0 Å². The van der Waals surface area contributed by atoms with Gasteiger partial charge in [0, 0.05) is 12.8 Å². The zero-order chi connectivity index (χ0) is 15.8. The van der Waals surface area contributed by atoms with Crippen LogP contribution in [0.5, 0.6) is 0 Å². The van der Waals surface area contributed by atoms with Crippen LogP contribution in [0.15, 0.2) is 30.3 Å². The Hall–Kier alpha value is -2.17. The van der Waals surface area contributed by atoms with Gasteiger partial charge in [-0.3, -0.25) is 14.5 Å². The van der Waals surface area contributed by atoms with Crippen LogP contribution >= 0.6 is 0 Å². The number of carbonyl (C=O) groups excluding carboxylic acids is 2. The lowest BCUT2D eigenvalue weighted by molar-refractivity contribution is -0.171. The number of hydrogen-bond donors (Lipinski definition) is 1. The number of rotatable bonds is 3. The second-order valence-electron chi connectivity index (χ2n) is 6.38. The molecular weight excluding hydrogens is 270 g/mol. The van der Waals surface area contributed by atoms with E-state index in [1.807, 2.05) is 13.8 Å². The summed E-state index contributed by atoms with van der Waals surface area (Å²) in [5.74, 6) is -2.09. The Kier molecular flexibility index (Phi) is 3.61. The maximum absolute atomic E-state index is 12.4. The maximum atomic E-state index is 12.4. The van der Waals surface area contributed by atoms with Gasteiger partial charge < -0.3 is 5.11 Å². The maximum Gasteiger partial charge on any atom is 0.334 e. The second kappa shape index (κ2) is 4.98. The van der Waals surface area contributed by atoms with Crippen LogP contribution < -0.4 is 0 Å². The van der Waals surface area contributed by atoms with Gasteiger partial charge in [-0.25, -0.2) is 4.79 Å². The Morgan fingerprint density at radius 1 is 1.14 bits per heavy atom. The number of carboxylic acids is 1. The molecule has 1 fully saturated rings. The lowest BCUT2D eigenvalue weighted by atomic mass is 9.78. The molecule has 112 valence electrons. The van der Waals surface area contributed by atoms with E-state index >= 15 is 0 Å². The molecule has 1 aliphatic heterocycles. The van der Waals surface area contributed by atoms with Crippen LogP contribution in [0.25, 0.3) is 0 Å². The van der Waals surface area contributed by atoms with Gasteiger partial charge in [0.05, 0.1) is 0 Å². The molecule has 0 aliphatic carbocycles. The minimum atomic E-state index is -1.67. The van der Waals surface area contributed by atoms with Gasteiger partial charge in [0.15, 0.2) is 5.54 Å². The summed E-state index contributed by atoms with van der Waals surface area (Å²) in [7, 11) is 0. The number of hydrogen-bond acceptors (Lipinski definition) is 3. The zero-order valence-corrected chi connectivity index (χ0v) is 12.4. The molecule has 1 saturated heterocycles. The van der Waals surface area contributed by atoms with Crippen molar-refractivity contribution in [3.8, 4) is 0 Å². The number of benzene rings is 1. The molecule has 0 spiro atoms. The lowest BCUT2D eigenvalue weighted by Crippen LogP contribution is -2.59. The molecule has 0 saturated carbocycles. The van der Waals surface area contributed by atoms with Crippen molar-refractivity contribution in [1.29, 1.82) is 0 Å². The van der Waals surface area contributed by atoms with E-state index in [9.17, 15) is 19.5 Å². The first kappa shape index (κ1) is 15.2. The average molecular weight is 289 g/mol. The van der Waals surface area contributed by atoms with Crippen molar-refractivity contribution in [2.24, 2.45) is 5.41 Å². The van der Waals surface area contributed by atoms with Gasteiger partial charge in [0.25, 0.3) is 0 Å². The standard InChI is InChI=1S/C16H19NO4/c1-15(2)9-12(18)17(13(19)10-15)16(3,14(20)21)11-7-5-4-6-8-11/h4-8H,9-10H2,1-3H3,(H,20,21). The Balaban J connectivity index is 2.52. The summed E-state index contributed by atoms with van der Waals surface area (Å²) < 4.78 is 0. The predicted molar refractivity (Wildman–Crippen MR) is 76.3 cm³/mol. The molecule has 2 amide bonds. The van der Waals surface area contributed by atoms with Gasteiger partial charge in [0.2, 0.25) is 11.8 Å². The number of aliphatic carboxylic acids is 1. The first-order valence-electron chi connectivity index (χ1n) is 6.83. The van der Waals surface area contributed by atoms with E-state index in [-0.39, 0.29) is 12.8 Å². The number of nitrogens with zero attached hydrogens (tertiary/aromatic N) is 1. The van der Waals surface area contributed by atoms with Crippen molar-refractivity contribution >= 4 is 17.8 Å². The third-order valence-corrected chi connectivity index (χ3v) is 3.96. The molecule has 1 aromatic rings. The van der Waals surface area contributed by atoms with E-state index in [1.165, 1.54) is 6.92 Å². The lowest BCUT2D eigenvalue weighted by Gasteiger charge is -2.43. The smallest absolute Gasteiger partial charge is 0.334 e. The molecule has 5 nitrogen and oxygen atoms in total. The minimum Gasteiger partial charge on any atom is -0.479 e. The van der Waals surface area contributed by atoms with Crippen molar-refractivity contribution in [3.63, 3.8) is 0 Å². The Bertz CT molecular complexity index is 574. The summed E-state index contributed by atoms with van der Waals surface area (Å²) in [6.07, 6.45) is 0.322. The van der Waals surface area contributed by atoms with Gasteiger partial charge in [-0.05, 0) is 17.9 Å². The van der Waals surface area contributed by atoms with Crippen LogP contribution in [-0.2, 0) is 19.9 Å². The number of imide groups is 1. The molecule has 1 aliphatic rings. The Morgan fingerprint density at radius 3 is 2.05 bits per heavy atom. The predicted octanol–water partition coefficient (Wildman–Crippen LogP) is 2.16. The van der Waals surface area contributed by atoms with Crippen molar-refractivity contribution < 1.29 is 19.5 Å². The summed E-state index contributed by atoms with van der Waals surface area (Å²) >= 11 is 0. The summed E-state index contributed by atoms with van der Waals surface area (Å²) in [6.45, 7) is 5.07. The van der Waals surface area contributed by atoms with Crippen molar-refractivity contribution in [2.75, 3.05) is 0 Å². The molecule has 1 aromatic carbocycles. The third kappa shape index (κ3) is 2.55. The van der Waals surface area contributed by atoms with E-state index in [0.29, 0.717) is 5.56 Å². The molecule has 1 unspecified atom stereocenters. The number of amides is 2. The van der Waals surface area contributed by atoms with Crippen molar-refractivity contribution in [1.82, 2.24) is 4.90 Å². The second-order valence-corrected chi connectivity index (χ2v) is 6.38. The first-order valence-corrected chi connectivity index (χ1v) is 6.83. The SMILES string of the molecule is CC1(C)CC(=O)N(C(C)(C(=O)O)c2ccccc2)C(=O)C1. The average Bonchev–Trinajstić information content (AvgIpc) is 2.36. The van der Waals surface area contributed by atoms with E-state index < -0.39 is 28.7 Å². The summed E-state index contributed by atoms with van der Waals surface area (Å²) in [5, 5.41) is 9.66. The summed E-state index contributed by atoms with van der Waals surface area (Å²) in [5.41, 5.74) is -1.69. The largest absolute Gasteiger partial charge is 0.479 e. The van der Waals surface area contributed by atoms with E-state index in [2.05, 4.69) is 0 Å². The topological polar surface area (TPSA) is 74.7 Å². The molecular formula is C16H19NO4. The highest BCUT2D eigenvalue weighted by atomic mass is 16.4. The van der Waals surface area contributed by atoms with E-state index in [0.717, 1.165) is 4.90 Å². The molecule has 1 N–H and O–H groups in total. The number of piperidine rings is 1. The fourth-order valence-electron chi connectivity index (χ4n) is 2.79. The molecule has 21 heavy (non-hydrogen) atoms. The van der Waals surface area contributed by atoms with Crippen LogP contribution in [0, 0.1) is 5.41 Å². The number of carboxylic acid groups (broad SMARTS) is 1. The van der Waals surface area contributed by atoms with Crippen LogP contribution in [0.1, 0.15) is 39.2 Å². The molecule has 2 rings (SSSR count). The minimum absolute atomic E-state index is 0.161. The van der Waals surface area contributed by atoms with Crippen LogP contribution in [0.2, 0.25) is 0 Å². The number of likely N-dealkylation sites (tertiary alicyclic amines) is 1. The highest BCUT2D eigenvalue weighted by Crippen LogP contribution is 2.38. The Labute approximate surface area is 123 Å². The molecule has 5 heteroatoms. The number of carbonyl (C=O) groups is 3. The normalized spacial score (nSPS) is 21.0. The molecule has 0 bridgehead atoms. The van der Waals surface area contributed by atoms with E-state index in [4.69, 9.17) is 0 Å². The van der Waals surface area contributed by atoms with Gasteiger partial charge in [0.1, 0.15) is 0 Å². The van der Waals surface area contributed by atoms with Crippen molar-refractivity contribution in [3.05, 3.63) is 35.9 Å². The van der Waals surface area contributed by atoms with Gasteiger partial charge in [-0.15, -0.1) is 0 Å². The van der Waals surface area contributed by atoms with Gasteiger partial charge in [-0.1, -0.05) is 44.2 Å². The third-order valence-electron chi connectivity index (χ3n) is 3.96. The van der Waals surface area contributed by atoms with Crippen LogP contribution in [-0.4, -0.2) is 27.8 Å². The highest BCUT2D eigenvalue weighted by molar-refractivity contribution is 6.03. The molecule has 0 radical (unpaired) electrons. The molecule has 0 aromatic heterocycles. The monoisotopic (exact) mass is 289 g/mol. The van der Waals surface area contributed by atoms with E-state index in [1.54, 1.807) is 30.3 Å². The van der Waals surface area contributed by atoms with Gasteiger partial charge >= 0.3 is 5.97 Å². The first-order chi connectivity index (χ1) is 9.68. The molecule has 1 atom stereocenters. The Morgan fingerprint density at radius 2 is 1.62 bits per heavy atom. The fourth-order valence-corrected chi connectivity index (χ4v) is 2.79. The van der Waals surface area contributed by atoms with Gasteiger partial charge in [-0.2, -0.15) is 0 Å². The highest BCUT2D eigenvalue weighted by Gasteiger charge is 2.51. The quantitative estimate of drug-likeness (QED) is 0.865.